The van der Waals surface area contributed by atoms with E-state index in [0.29, 0.717) is 41.8 Å². The van der Waals surface area contributed by atoms with Crippen molar-refractivity contribution in [2.45, 2.75) is 56.8 Å². The van der Waals surface area contributed by atoms with E-state index in [0.717, 1.165) is 24.6 Å². The van der Waals surface area contributed by atoms with Gasteiger partial charge >= 0.3 is 0 Å². The predicted octanol–water partition coefficient (Wildman–Crippen LogP) is 1.44. The third-order valence-corrected chi connectivity index (χ3v) is 9.90. The molecular weight excluding hydrogens is 496 g/mol. The highest BCUT2D eigenvalue weighted by atomic mass is 32.2. The van der Waals surface area contributed by atoms with Crippen LogP contribution < -0.4 is 10.2 Å². The fourth-order valence-corrected chi connectivity index (χ4v) is 7.96. The van der Waals surface area contributed by atoms with E-state index in [1.165, 1.54) is 4.31 Å². The lowest BCUT2D eigenvalue weighted by Crippen LogP contribution is -2.64. The number of piperidine rings is 2. The molecule has 2 atom stereocenters. The van der Waals surface area contributed by atoms with E-state index in [4.69, 9.17) is 15.2 Å². The molecule has 3 saturated heterocycles. The summed E-state index contributed by atoms with van der Waals surface area (Å²) >= 11 is 0. The summed E-state index contributed by atoms with van der Waals surface area (Å²) in [5, 5.41) is 29.4. The van der Waals surface area contributed by atoms with E-state index in [-0.39, 0.29) is 43.7 Å². The number of aromatic nitrogens is 5. The van der Waals surface area contributed by atoms with E-state index in [2.05, 4.69) is 31.5 Å². The van der Waals surface area contributed by atoms with Crippen molar-refractivity contribution in [2.24, 2.45) is 5.92 Å². The van der Waals surface area contributed by atoms with Gasteiger partial charge in [-0.05, 0) is 31.7 Å². The first-order valence-corrected chi connectivity index (χ1v) is 14.0. The zero-order valence-corrected chi connectivity index (χ0v) is 21.3. The van der Waals surface area contributed by atoms with Crippen LogP contribution in [0.5, 0.6) is 0 Å². The van der Waals surface area contributed by atoms with Crippen molar-refractivity contribution >= 4 is 38.8 Å². The Morgan fingerprint density at radius 3 is 2.70 bits per heavy atom. The van der Waals surface area contributed by atoms with E-state index < -0.39 is 10.2 Å². The Labute approximate surface area is 214 Å². The van der Waals surface area contributed by atoms with Crippen molar-refractivity contribution in [3.8, 4) is 6.07 Å². The molecule has 2 unspecified atom stereocenters. The SMILES string of the molecule is CN(c1nc(Nc2cc(CO)[nH]n2)c2cc[nH]c2n1)C1CC2CCCC(C1)N2S(=O)(=O)N1CC(C#N)C1. The summed E-state index contributed by atoms with van der Waals surface area (Å²) in [7, 11) is -1.62. The number of hydrogen-bond acceptors (Lipinski definition) is 9. The molecule has 4 N–H and O–H groups in total. The van der Waals surface area contributed by atoms with Crippen molar-refractivity contribution in [1.82, 2.24) is 33.8 Å². The fourth-order valence-electron chi connectivity index (χ4n) is 5.82. The molecule has 0 aliphatic carbocycles. The van der Waals surface area contributed by atoms with Gasteiger partial charge in [0.2, 0.25) is 5.95 Å². The number of nitrogens with zero attached hydrogens (tertiary/aromatic N) is 7. The highest BCUT2D eigenvalue weighted by Crippen LogP contribution is 2.40. The average molecular weight is 527 g/mol. The third-order valence-electron chi connectivity index (χ3n) is 7.82. The zero-order chi connectivity index (χ0) is 25.7. The van der Waals surface area contributed by atoms with Crippen LogP contribution in [-0.2, 0) is 16.8 Å². The van der Waals surface area contributed by atoms with Gasteiger partial charge in [0.15, 0.2) is 5.82 Å². The van der Waals surface area contributed by atoms with Gasteiger partial charge in [0.25, 0.3) is 10.2 Å². The molecule has 6 heterocycles. The van der Waals surface area contributed by atoms with Crippen molar-refractivity contribution < 1.29 is 13.5 Å². The van der Waals surface area contributed by atoms with Gasteiger partial charge in [0.1, 0.15) is 11.5 Å². The zero-order valence-electron chi connectivity index (χ0n) is 20.5. The molecule has 0 amide bonds. The second-order valence-electron chi connectivity index (χ2n) is 10.1. The Hall–Kier alpha value is -3.25. The summed E-state index contributed by atoms with van der Waals surface area (Å²) in [5.74, 6) is 1.46. The summed E-state index contributed by atoms with van der Waals surface area (Å²) < 4.78 is 30.0. The molecule has 6 rings (SSSR count). The molecule has 3 fully saturated rings. The van der Waals surface area contributed by atoms with Gasteiger partial charge in [-0.15, -0.1) is 0 Å². The highest BCUT2D eigenvalue weighted by Gasteiger charge is 2.50. The second-order valence-corrected chi connectivity index (χ2v) is 12.0. The maximum atomic E-state index is 13.4. The number of rotatable bonds is 7. The van der Waals surface area contributed by atoms with Crippen LogP contribution in [0.4, 0.5) is 17.6 Å². The third kappa shape index (κ3) is 4.21. The summed E-state index contributed by atoms with van der Waals surface area (Å²) in [6.07, 6.45) is 5.84. The molecule has 0 saturated carbocycles. The van der Waals surface area contributed by atoms with Crippen LogP contribution in [-0.4, -0.2) is 85.5 Å². The Bertz CT molecular complexity index is 1430. The summed E-state index contributed by atoms with van der Waals surface area (Å²) in [6, 6.07) is 5.68. The topological polar surface area (TPSA) is 170 Å². The Morgan fingerprint density at radius 2 is 2.03 bits per heavy atom. The minimum atomic E-state index is -3.58. The average Bonchev–Trinajstić information content (AvgIpc) is 3.51. The molecular formula is C23H30N10O3S. The molecule has 14 heteroatoms. The molecule has 3 aromatic rings. The summed E-state index contributed by atoms with van der Waals surface area (Å²) in [6.45, 7) is 0.431. The van der Waals surface area contributed by atoms with Crippen LogP contribution in [0, 0.1) is 17.2 Å². The number of aromatic amines is 2. The van der Waals surface area contributed by atoms with Gasteiger partial charge in [0, 0.05) is 50.5 Å². The lowest BCUT2D eigenvalue weighted by Gasteiger charge is -2.51. The lowest BCUT2D eigenvalue weighted by molar-refractivity contribution is 0.0930. The van der Waals surface area contributed by atoms with E-state index >= 15 is 0 Å². The van der Waals surface area contributed by atoms with Gasteiger partial charge in [-0.1, -0.05) is 6.42 Å². The number of fused-ring (bicyclic) bond motifs is 3. The first-order chi connectivity index (χ1) is 17.9. The van der Waals surface area contributed by atoms with Gasteiger partial charge in [-0.2, -0.15) is 37.4 Å². The smallest absolute Gasteiger partial charge is 0.282 e. The van der Waals surface area contributed by atoms with Crippen LogP contribution in [0.3, 0.4) is 0 Å². The normalized spacial score (nSPS) is 25.1. The molecule has 3 aliphatic heterocycles. The van der Waals surface area contributed by atoms with Crippen LogP contribution in [0.2, 0.25) is 0 Å². The second kappa shape index (κ2) is 9.25. The van der Waals surface area contributed by atoms with Gasteiger partial charge in [-0.25, -0.2) is 0 Å². The Kier molecular flexibility index (Phi) is 6.03. The standard InChI is InChI=1S/C23H30N10O3S/c1-31(23-27-21-19(5-6-25-21)22(28-23)26-20-7-15(13-34)29-30-20)18-8-16-3-2-4-17(9-18)33(16)37(35,36)32-11-14(10-24)12-32/h5-7,14,16-18,34H,2-4,8-9,11-13H2,1H3,(H3,25,26,27,28,29,30). The van der Waals surface area contributed by atoms with Crippen molar-refractivity contribution in [3.63, 3.8) is 0 Å². The maximum Gasteiger partial charge on any atom is 0.282 e. The van der Waals surface area contributed by atoms with Crippen molar-refractivity contribution in [2.75, 3.05) is 30.4 Å². The first-order valence-electron chi connectivity index (χ1n) is 12.6. The van der Waals surface area contributed by atoms with Gasteiger partial charge in [-0.3, -0.25) is 5.10 Å². The number of nitrogens with one attached hydrogen (secondary N) is 3. The Balaban J connectivity index is 1.24. The van der Waals surface area contributed by atoms with Crippen LogP contribution >= 0.6 is 0 Å². The maximum absolute atomic E-state index is 13.4. The van der Waals surface area contributed by atoms with Gasteiger partial charge < -0.3 is 20.3 Å². The number of anilines is 3. The first kappa shape index (κ1) is 24.1. The molecule has 3 aromatic heterocycles. The highest BCUT2D eigenvalue weighted by molar-refractivity contribution is 7.86. The van der Waals surface area contributed by atoms with Crippen LogP contribution in [0.25, 0.3) is 11.0 Å². The Morgan fingerprint density at radius 1 is 1.27 bits per heavy atom. The summed E-state index contributed by atoms with van der Waals surface area (Å²) in [5.41, 5.74) is 1.27. The van der Waals surface area contributed by atoms with E-state index in [1.54, 1.807) is 16.6 Å². The molecule has 0 spiro atoms. The van der Waals surface area contributed by atoms with Gasteiger partial charge in [0.05, 0.1) is 29.7 Å². The van der Waals surface area contributed by atoms with Crippen LogP contribution in [0.1, 0.15) is 37.8 Å². The van der Waals surface area contributed by atoms with Crippen molar-refractivity contribution in [3.05, 3.63) is 24.0 Å². The number of nitriles is 1. The number of H-pyrrole nitrogens is 2. The molecule has 196 valence electrons. The monoisotopic (exact) mass is 526 g/mol. The number of aliphatic hydroxyl groups excluding tert-OH is 1. The molecule has 37 heavy (non-hydrogen) atoms. The lowest BCUT2D eigenvalue weighted by atomic mass is 9.83. The molecule has 3 aliphatic rings. The summed E-state index contributed by atoms with van der Waals surface area (Å²) in [4.78, 5) is 14.8. The number of hydrogen-bond donors (Lipinski definition) is 4. The molecule has 0 aromatic carbocycles. The predicted molar refractivity (Wildman–Crippen MR) is 136 cm³/mol. The number of aliphatic hydroxyl groups is 1. The molecule has 0 radical (unpaired) electrons. The van der Waals surface area contributed by atoms with Crippen LogP contribution in [0.15, 0.2) is 18.3 Å². The largest absolute Gasteiger partial charge is 0.390 e. The molecule has 2 bridgehead atoms. The fraction of sp³-hybridized carbons (Fsp3) is 0.565. The molecule has 13 nitrogen and oxygen atoms in total. The minimum absolute atomic E-state index is 0.0802. The quantitative estimate of drug-likeness (QED) is 0.356. The van der Waals surface area contributed by atoms with E-state index in [9.17, 15) is 13.5 Å². The minimum Gasteiger partial charge on any atom is -0.390 e. The van der Waals surface area contributed by atoms with Crippen molar-refractivity contribution in [1.29, 1.82) is 5.26 Å². The van der Waals surface area contributed by atoms with E-state index in [1.807, 2.05) is 13.1 Å².